The lowest BCUT2D eigenvalue weighted by molar-refractivity contribution is 0.297. The molecule has 118 valence electrons. The van der Waals surface area contributed by atoms with Crippen molar-refractivity contribution < 1.29 is 8.42 Å². The minimum absolute atomic E-state index is 0.346. The van der Waals surface area contributed by atoms with Crippen molar-refractivity contribution in [3.05, 3.63) is 33.8 Å². The van der Waals surface area contributed by atoms with Crippen LogP contribution < -0.4 is 0 Å². The fourth-order valence-electron chi connectivity index (χ4n) is 2.51. The van der Waals surface area contributed by atoms with Crippen LogP contribution in [-0.4, -0.2) is 37.2 Å². The Labute approximate surface area is 136 Å². The molecular weight excluding hydrogens is 331 g/mol. The monoisotopic (exact) mass is 350 g/mol. The summed E-state index contributed by atoms with van der Waals surface area (Å²) in [6.07, 6.45) is 2.93. The highest BCUT2D eigenvalue weighted by Gasteiger charge is 2.32. The molecule has 0 N–H and O–H groups in total. The Hall–Kier alpha value is -0.330. The molecule has 1 aromatic rings. The first kappa shape index (κ1) is 17.0. The van der Waals surface area contributed by atoms with E-state index in [4.69, 9.17) is 23.2 Å². The third-order valence-corrected chi connectivity index (χ3v) is 6.59. The van der Waals surface area contributed by atoms with Crippen LogP contribution in [0.1, 0.15) is 37.8 Å². The molecule has 0 aromatic heterocycles. The molecule has 1 saturated heterocycles. The highest BCUT2D eigenvalue weighted by molar-refractivity contribution is 7.86. The molecule has 0 bridgehead atoms. The van der Waals surface area contributed by atoms with E-state index >= 15 is 0 Å². The van der Waals surface area contributed by atoms with Gasteiger partial charge in [-0.15, -0.1) is 0 Å². The average molecular weight is 351 g/mol. The van der Waals surface area contributed by atoms with Crippen LogP contribution in [0.4, 0.5) is 0 Å². The van der Waals surface area contributed by atoms with Gasteiger partial charge in [-0.3, -0.25) is 0 Å². The van der Waals surface area contributed by atoms with Crippen LogP contribution in [0.5, 0.6) is 0 Å². The molecule has 1 aliphatic heterocycles. The van der Waals surface area contributed by atoms with E-state index in [0.717, 1.165) is 24.8 Å². The van der Waals surface area contributed by atoms with Gasteiger partial charge in [-0.05, 0) is 37.5 Å². The van der Waals surface area contributed by atoms with E-state index in [1.807, 2.05) is 6.92 Å². The third kappa shape index (κ3) is 3.71. The van der Waals surface area contributed by atoms with E-state index in [0.29, 0.717) is 23.1 Å². The van der Waals surface area contributed by atoms with Gasteiger partial charge in [0.05, 0.1) is 0 Å². The Morgan fingerprint density at radius 1 is 1.19 bits per heavy atom. The molecule has 1 heterocycles. The largest absolute Gasteiger partial charge is 0.282 e. The molecule has 0 radical (unpaired) electrons. The zero-order valence-corrected chi connectivity index (χ0v) is 14.5. The summed E-state index contributed by atoms with van der Waals surface area (Å²) in [5, 5.41) is 1.02. The summed E-state index contributed by atoms with van der Waals surface area (Å²) in [5.41, 5.74) is 0.754. The molecule has 1 aliphatic rings. The van der Waals surface area contributed by atoms with E-state index in [9.17, 15) is 8.42 Å². The predicted molar refractivity (Wildman–Crippen MR) is 87.0 cm³/mol. The van der Waals surface area contributed by atoms with E-state index in [1.165, 1.54) is 4.31 Å². The molecule has 1 aromatic carbocycles. The Kier molecular flexibility index (Phi) is 5.54. The predicted octanol–water partition coefficient (Wildman–Crippen LogP) is 3.72. The van der Waals surface area contributed by atoms with Gasteiger partial charge in [0, 0.05) is 36.2 Å². The molecule has 4 nitrogen and oxygen atoms in total. The second-order valence-corrected chi connectivity index (χ2v) is 8.16. The second-order valence-electron chi connectivity index (χ2n) is 5.33. The fraction of sp³-hybridized carbons (Fsp3) is 0.571. The molecule has 0 unspecified atom stereocenters. The zero-order valence-electron chi connectivity index (χ0n) is 12.2. The lowest BCUT2D eigenvalue weighted by Gasteiger charge is -2.33. The fourth-order valence-corrected chi connectivity index (χ4v) is 4.68. The van der Waals surface area contributed by atoms with Gasteiger partial charge in [-0.2, -0.15) is 17.0 Å². The van der Waals surface area contributed by atoms with Crippen LogP contribution in [0.3, 0.4) is 0 Å². The minimum Gasteiger partial charge on any atom is -0.195 e. The van der Waals surface area contributed by atoms with Crippen molar-refractivity contribution in [1.29, 1.82) is 0 Å². The number of halogens is 2. The Balaban J connectivity index is 2.23. The summed E-state index contributed by atoms with van der Waals surface area (Å²) >= 11 is 12.1. The molecule has 0 amide bonds. The van der Waals surface area contributed by atoms with Crippen molar-refractivity contribution in [3.8, 4) is 0 Å². The van der Waals surface area contributed by atoms with Gasteiger partial charge in [0.15, 0.2) is 0 Å². The zero-order chi connectivity index (χ0) is 15.6. The van der Waals surface area contributed by atoms with Gasteiger partial charge < -0.3 is 0 Å². The van der Waals surface area contributed by atoms with Crippen molar-refractivity contribution in [1.82, 2.24) is 8.61 Å². The molecule has 21 heavy (non-hydrogen) atoms. The smallest absolute Gasteiger partial charge is 0.195 e. The number of nitrogens with zero attached hydrogens (tertiary/aromatic N) is 2. The Bertz CT molecular complexity index is 601. The number of hydrogen-bond acceptors (Lipinski definition) is 2. The number of rotatable bonds is 4. The first-order chi connectivity index (χ1) is 9.84. The topological polar surface area (TPSA) is 40.6 Å². The van der Waals surface area contributed by atoms with Gasteiger partial charge in [-0.25, -0.2) is 0 Å². The number of hydrogen-bond donors (Lipinski definition) is 0. The molecule has 7 heteroatoms. The van der Waals surface area contributed by atoms with Crippen LogP contribution in [0.25, 0.3) is 0 Å². The van der Waals surface area contributed by atoms with Crippen LogP contribution in [-0.2, 0) is 10.2 Å². The van der Waals surface area contributed by atoms with Crippen LogP contribution >= 0.6 is 23.2 Å². The van der Waals surface area contributed by atoms with Crippen molar-refractivity contribution in [2.24, 2.45) is 0 Å². The van der Waals surface area contributed by atoms with E-state index in [1.54, 1.807) is 29.6 Å². The molecule has 0 spiro atoms. The van der Waals surface area contributed by atoms with Gasteiger partial charge in [0.1, 0.15) is 0 Å². The summed E-state index contributed by atoms with van der Waals surface area (Å²) in [6.45, 7) is 3.01. The van der Waals surface area contributed by atoms with Crippen molar-refractivity contribution in [3.63, 3.8) is 0 Å². The van der Waals surface area contributed by atoms with Gasteiger partial charge in [0.2, 0.25) is 0 Å². The number of piperidine rings is 1. The first-order valence-electron chi connectivity index (χ1n) is 7.02. The standard InChI is InChI=1S/C14H20Cl2N2O2S/c1-11(13-7-6-12(15)10-14(13)16)17(2)21(19,20)18-8-4-3-5-9-18/h6-7,10-11H,3-5,8-9H2,1-2H3/t11-/m1/s1. The molecular formula is C14H20Cl2N2O2S. The highest BCUT2D eigenvalue weighted by Crippen LogP contribution is 2.31. The lowest BCUT2D eigenvalue weighted by Crippen LogP contribution is -2.45. The minimum atomic E-state index is -3.46. The Morgan fingerprint density at radius 3 is 2.38 bits per heavy atom. The molecule has 0 saturated carbocycles. The SMILES string of the molecule is C[C@H](c1ccc(Cl)cc1Cl)N(C)S(=O)(=O)N1CCCCC1. The summed E-state index contributed by atoms with van der Waals surface area (Å²) in [5.74, 6) is 0. The highest BCUT2D eigenvalue weighted by atomic mass is 35.5. The van der Waals surface area contributed by atoms with E-state index in [2.05, 4.69) is 0 Å². The molecule has 1 fully saturated rings. The van der Waals surface area contributed by atoms with Gasteiger partial charge >= 0.3 is 0 Å². The molecule has 1 atom stereocenters. The molecule has 2 rings (SSSR count). The lowest BCUT2D eigenvalue weighted by atomic mass is 10.1. The Morgan fingerprint density at radius 2 is 1.81 bits per heavy atom. The summed E-state index contributed by atoms with van der Waals surface area (Å²) in [7, 11) is -1.86. The maximum absolute atomic E-state index is 12.7. The van der Waals surface area contributed by atoms with Crippen LogP contribution in [0.2, 0.25) is 10.0 Å². The summed E-state index contributed by atoms with van der Waals surface area (Å²) in [4.78, 5) is 0. The van der Waals surface area contributed by atoms with Gasteiger partial charge in [-0.1, -0.05) is 35.7 Å². The average Bonchev–Trinajstić information content (AvgIpc) is 2.46. The van der Waals surface area contributed by atoms with Crippen molar-refractivity contribution in [2.45, 2.75) is 32.2 Å². The van der Waals surface area contributed by atoms with Crippen molar-refractivity contribution >= 4 is 33.4 Å². The maximum atomic E-state index is 12.7. The van der Waals surface area contributed by atoms with E-state index < -0.39 is 10.2 Å². The normalized spacial score (nSPS) is 18.9. The van der Waals surface area contributed by atoms with Crippen LogP contribution in [0.15, 0.2) is 18.2 Å². The van der Waals surface area contributed by atoms with Crippen molar-refractivity contribution in [2.75, 3.05) is 20.1 Å². The van der Waals surface area contributed by atoms with Gasteiger partial charge in [0.25, 0.3) is 10.2 Å². The number of benzene rings is 1. The summed E-state index contributed by atoms with van der Waals surface area (Å²) in [6, 6.07) is 4.79. The second kappa shape index (κ2) is 6.84. The molecule has 0 aliphatic carbocycles. The quantitative estimate of drug-likeness (QED) is 0.830. The maximum Gasteiger partial charge on any atom is 0.282 e. The summed E-state index contributed by atoms with van der Waals surface area (Å²) < 4.78 is 28.3. The van der Waals surface area contributed by atoms with E-state index in [-0.39, 0.29) is 6.04 Å². The van der Waals surface area contributed by atoms with Crippen LogP contribution in [0, 0.1) is 0 Å². The third-order valence-electron chi connectivity index (χ3n) is 3.96. The first-order valence-corrected chi connectivity index (χ1v) is 9.17.